The minimum Gasteiger partial charge on any atom is -0.331 e. The highest BCUT2D eigenvalue weighted by atomic mass is 35.5. The van der Waals surface area contributed by atoms with E-state index in [0.717, 1.165) is 29.0 Å². The molecule has 3 aromatic rings. The van der Waals surface area contributed by atoms with Crippen LogP contribution in [0.1, 0.15) is 9.67 Å². The van der Waals surface area contributed by atoms with Crippen LogP contribution >= 0.6 is 34.3 Å². The van der Waals surface area contributed by atoms with Crippen LogP contribution in [0, 0.1) is 0 Å². The van der Waals surface area contributed by atoms with E-state index in [4.69, 9.17) is 11.6 Å². The van der Waals surface area contributed by atoms with E-state index in [0.29, 0.717) is 15.0 Å². The summed E-state index contributed by atoms with van der Waals surface area (Å²) in [7, 11) is 0. The number of aliphatic imine (C=N–C) groups is 1. The van der Waals surface area contributed by atoms with Gasteiger partial charge in [-0.25, -0.2) is 4.98 Å². The first-order chi connectivity index (χ1) is 11.2. The van der Waals surface area contributed by atoms with Gasteiger partial charge in [-0.3, -0.25) is 15.1 Å². The number of thiophene rings is 1. The molecule has 0 fully saturated rings. The van der Waals surface area contributed by atoms with Crippen molar-refractivity contribution in [3.05, 3.63) is 39.5 Å². The zero-order chi connectivity index (χ0) is 15.8. The zero-order valence-corrected chi connectivity index (χ0v) is 14.2. The molecule has 1 amide bonds. The molecular formula is C15H11ClN4OS2. The molecule has 1 N–H and O–H groups in total. The number of thiazole rings is 1. The number of halogens is 1. The molecule has 0 unspecified atom stereocenters. The quantitative estimate of drug-likeness (QED) is 0.762. The average Bonchev–Trinajstić information content (AvgIpc) is 3.25. The Bertz CT molecular complexity index is 917. The van der Waals surface area contributed by atoms with E-state index < -0.39 is 0 Å². The second-order valence-corrected chi connectivity index (χ2v) is 7.29. The van der Waals surface area contributed by atoms with E-state index in [2.05, 4.69) is 26.3 Å². The number of anilines is 2. The second kappa shape index (κ2) is 5.92. The van der Waals surface area contributed by atoms with Crippen LogP contribution in [0.3, 0.4) is 0 Å². The van der Waals surface area contributed by atoms with Gasteiger partial charge in [-0.15, -0.1) is 11.3 Å². The fraction of sp³-hybridized carbons (Fsp3) is 0.133. The third-order valence-corrected chi connectivity index (χ3v) is 5.71. The van der Waals surface area contributed by atoms with Gasteiger partial charge in [0.25, 0.3) is 5.91 Å². The van der Waals surface area contributed by atoms with Gasteiger partial charge in [0.2, 0.25) is 0 Å². The molecule has 116 valence electrons. The largest absolute Gasteiger partial charge is 0.331 e. The molecule has 3 heterocycles. The molecule has 0 saturated heterocycles. The van der Waals surface area contributed by atoms with Gasteiger partial charge >= 0.3 is 0 Å². The number of fused-ring (bicyclic) bond motifs is 1. The lowest BCUT2D eigenvalue weighted by atomic mass is 10.3. The summed E-state index contributed by atoms with van der Waals surface area (Å²) in [6.07, 6.45) is 1.85. The minimum atomic E-state index is -0.226. The lowest BCUT2D eigenvalue weighted by Crippen LogP contribution is -2.17. The SMILES string of the molecule is O=C(Nc1nc2ccc(N3C=NCC3)cc2s1)c1sccc1Cl. The molecule has 2 aromatic heterocycles. The van der Waals surface area contributed by atoms with Gasteiger partial charge in [0, 0.05) is 12.2 Å². The van der Waals surface area contributed by atoms with Crippen molar-refractivity contribution in [2.75, 3.05) is 23.3 Å². The number of nitrogens with zero attached hydrogens (tertiary/aromatic N) is 3. The van der Waals surface area contributed by atoms with Gasteiger partial charge in [0.15, 0.2) is 5.13 Å². The molecule has 1 aliphatic heterocycles. The lowest BCUT2D eigenvalue weighted by molar-refractivity contribution is 0.103. The number of aromatic nitrogens is 1. The molecule has 1 aromatic carbocycles. The first-order valence-corrected chi connectivity index (χ1v) is 9.00. The number of carbonyl (C=O) groups is 1. The monoisotopic (exact) mass is 362 g/mol. The molecule has 0 bridgehead atoms. The summed E-state index contributed by atoms with van der Waals surface area (Å²) >= 11 is 8.75. The Morgan fingerprint density at radius 1 is 1.35 bits per heavy atom. The highest BCUT2D eigenvalue weighted by molar-refractivity contribution is 7.22. The normalized spacial score (nSPS) is 13.9. The number of hydrogen-bond acceptors (Lipinski definition) is 6. The molecular weight excluding hydrogens is 352 g/mol. The molecule has 5 nitrogen and oxygen atoms in total. The molecule has 8 heteroatoms. The van der Waals surface area contributed by atoms with Gasteiger partial charge in [-0.1, -0.05) is 22.9 Å². The average molecular weight is 363 g/mol. The van der Waals surface area contributed by atoms with Crippen molar-refractivity contribution in [3.63, 3.8) is 0 Å². The van der Waals surface area contributed by atoms with Gasteiger partial charge < -0.3 is 4.90 Å². The summed E-state index contributed by atoms with van der Waals surface area (Å²) in [6.45, 7) is 1.72. The Labute approximate surface area is 145 Å². The first-order valence-electron chi connectivity index (χ1n) is 6.92. The molecule has 0 saturated carbocycles. The summed E-state index contributed by atoms with van der Waals surface area (Å²) in [4.78, 5) is 23.5. The molecule has 0 aliphatic carbocycles. The van der Waals surface area contributed by atoms with Crippen LogP contribution in [-0.2, 0) is 0 Å². The van der Waals surface area contributed by atoms with Crippen LogP contribution in [0.15, 0.2) is 34.6 Å². The number of amides is 1. The number of carbonyl (C=O) groups excluding carboxylic acids is 1. The van der Waals surface area contributed by atoms with Crippen molar-refractivity contribution < 1.29 is 4.79 Å². The van der Waals surface area contributed by atoms with Crippen molar-refractivity contribution >= 4 is 67.6 Å². The van der Waals surface area contributed by atoms with E-state index in [-0.39, 0.29) is 5.91 Å². The smallest absolute Gasteiger partial charge is 0.269 e. The van der Waals surface area contributed by atoms with Crippen molar-refractivity contribution in [1.82, 2.24) is 4.98 Å². The maximum atomic E-state index is 12.2. The van der Waals surface area contributed by atoms with Crippen molar-refractivity contribution in [2.24, 2.45) is 4.99 Å². The molecule has 0 radical (unpaired) electrons. The van der Waals surface area contributed by atoms with Gasteiger partial charge in [0.05, 0.1) is 28.1 Å². The predicted octanol–water partition coefficient (Wildman–Crippen LogP) is 4.11. The molecule has 0 spiro atoms. The minimum absolute atomic E-state index is 0.226. The van der Waals surface area contributed by atoms with Crippen molar-refractivity contribution in [2.45, 2.75) is 0 Å². The van der Waals surface area contributed by atoms with Crippen LogP contribution < -0.4 is 10.2 Å². The molecule has 23 heavy (non-hydrogen) atoms. The van der Waals surface area contributed by atoms with E-state index in [9.17, 15) is 4.79 Å². The Morgan fingerprint density at radius 3 is 3.00 bits per heavy atom. The van der Waals surface area contributed by atoms with Gasteiger partial charge in [-0.2, -0.15) is 0 Å². The Kier molecular flexibility index (Phi) is 3.76. The predicted molar refractivity (Wildman–Crippen MR) is 97.6 cm³/mol. The van der Waals surface area contributed by atoms with E-state index in [1.54, 1.807) is 11.4 Å². The maximum absolute atomic E-state index is 12.2. The number of hydrogen-bond donors (Lipinski definition) is 1. The fourth-order valence-electron chi connectivity index (χ4n) is 2.33. The highest BCUT2D eigenvalue weighted by Crippen LogP contribution is 2.31. The van der Waals surface area contributed by atoms with Crippen LogP contribution in [0.5, 0.6) is 0 Å². The standard InChI is InChI=1S/C15H11ClN4OS2/c16-10-3-6-22-13(10)14(21)19-15-18-11-2-1-9(7-12(11)23-15)20-5-4-17-8-20/h1-3,6-8H,4-5H2,(H,18,19,21). The van der Waals surface area contributed by atoms with E-state index >= 15 is 0 Å². The van der Waals surface area contributed by atoms with Crippen LogP contribution in [-0.4, -0.2) is 30.3 Å². The Morgan fingerprint density at radius 2 is 2.26 bits per heavy atom. The fourth-order valence-corrected chi connectivity index (χ4v) is 4.26. The Hall–Kier alpha value is -1.96. The third-order valence-electron chi connectivity index (χ3n) is 3.44. The van der Waals surface area contributed by atoms with E-state index in [1.165, 1.54) is 22.7 Å². The third kappa shape index (κ3) is 2.83. The summed E-state index contributed by atoms with van der Waals surface area (Å²) in [5.41, 5.74) is 1.95. The van der Waals surface area contributed by atoms with Gasteiger partial charge in [-0.05, 0) is 29.6 Å². The van der Waals surface area contributed by atoms with Crippen molar-refractivity contribution in [1.29, 1.82) is 0 Å². The second-order valence-electron chi connectivity index (χ2n) is 4.94. The van der Waals surface area contributed by atoms with Crippen LogP contribution in [0.2, 0.25) is 5.02 Å². The first kappa shape index (κ1) is 14.6. The number of benzene rings is 1. The van der Waals surface area contributed by atoms with E-state index in [1.807, 2.05) is 18.5 Å². The van der Waals surface area contributed by atoms with Gasteiger partial charge in [0.1, 0.15) is 4.88 Å². The summed E-state index contributed by atoms with van der Waals surface area (Å²) in [6, 6.07) is 7.75. The number of nitrogens with one attached hydrogen (secondary N) is 1. The summed E-state index contributed by atoms with van der Waals surface area (Å²) in [5, 5.41) is 5.64. The topological polar surface area (TPSA) is 57.6 Å². The zero-order valence-electron chi connectivity index (χ0n) is 11.8. The Balaban J connectivity index is 1.60. The summed E-state index contributed by atoms with van der Waals surface area (Å²) < 4.78 is 1.02. The van der Waals surface area contributed by atoms with Crippen LogP contribution in [0.25, 0.3) is 10.2 Å². The highest BCUT2D eigenvalue weighted by Gasteiger charge is 2.15. The molecule has 0 atom stereocenters. The maximum Gasteiger partial charge on any atom is 0.269 e. The molecule has 1 aliphatic rings. The van der Waals surface area contributed by atoms with Crippen molar-refractivity contribution in [3.8, 4) is 0 Å². The van der Waals surface area contributed by atoms with Crippen LogP contribution in [0.4, 0.5) is 10.8 Å². The number of rotatable bonds is 3. The summed E-state index contributed by atoms with van der Waals surface area (Å²) in [5.74, 6) is -0.226. The molecule has 4 rings (SSSR count). The lowest BCUT2D eigenvalue weighted by Gasteiger charge is -2.13.